The van der Waals surface area contributed by atoms with E-state index in [1.54, 1.807) is 20.8 Å². The van der Waals surface area contributed by atoms with Crippen molar-refractivity contribution in [1.82, 2.24) is 15.5 Å². The van der Waals surface area contributed by atoms with Crippen molar-refractivity contribution in [1.29, 1.82) is 0 Å². The normalized spacial score (nSPS) is 15.4. The highest BCUT2D eigenvalue weighted by Gasteiger charge is 2.42. The molecule has 13 heteroatoms. The Balaban J connectivity index is 0.00000498. The van der Waals surface area contributed by atoms with Gasteiger partial charge in [-0.15, -0.1) is 0 Å². The highest BCUT2D eigenvalue weighted by Crippen LogP contribution is 2.39. The third-order valence-corrected chi connectivity index (χ3v) is 7.97. The summed E-state index contributed by atoms with van der Waals surface area (Å²) in [6.07, 6.45) is 1.95. The van der Waals surface area contributed by atoms with Gasteiger partial charge in [0.2, 0.25) is 23.6 Å². The second kappa shape index (κ2) is 23.8. The maximum Gasteiger partial charge on any atom is 0.243 e. The van der Waals surface area contributed by atoms with Gasteiger partial charge in [0.15, 0.2) is 5.78 Å². The fourth-order valence-electron chi connectivity index (χ4n) is 4.15. The van der Waals surface area contributed by atoms with Crippen molar-refractivity contribution in [3.05, 3.63) is 0 Å². The fourth-order valence-corrected chi connectivity index (χ4v) is 4.15. The van der Waals surface area contributed by atoms with Crippen LogP contribution in [-0.2, 0) is 42.9 Å². The summed E-state index contributed by atoms with van der Waals surface area (Å²) in [5.41, 5.74) is 4.20. The van der Waals surface area contributed by atoms with Gasteiger partial charge in [-0.05, 0) is 30.2 Å². The summed E-state index contributed by atoms with van der Waals surface area (Å²) >= 11 is 0. The minimum atomic E-state index is -0.738. The molecule has 1 aliphatic heterocycles. The molecule has 0 saturated carbocycles. The quantitative estimate of drug-likeness (QED) is 0.114. The fraction of sp³-hybridized carbons (Fsp3) is 0.853. The molecule has 0 aromatic rings. The Hall–Kier alpha value is -2.45. The zero-order valence-electron chi connectivity index (χ0n) is 30.5. The average Bonchev–Trinajstić information content (AvgIpc) is 2.98. The average molecular weight is 673 g/mol. The summed E-state index contributed by atoms with van der Waals surface area (Å²) in [6, 6.07) is -0.738. The SMILES string of the molecule is CC(C)C(NC(=O)CCOCCOCCOCCOCCN1C(=O)CC(C)(C(C)C)CC1=O)C(=O)NCC(=O)C(C)(C)C.CCCN. The molecule has 0 aliphatic carbocycles. The second-order valence-corrected chi connectivity index (χ2v) is 13.8. The van der Waals surface area contributed by atoms with Crippen LogP contribution in [0.5, 0.6) is 0 Å². The lowest BCUT2D eigenvalue weighted by atomic mass is 9.71. The topological polar surface area (TPSA) is 176 Å². The van der Waals surface area contributed by atoms with Crippen molar-refractivity contribution in [2.75, 3.05) is 72.5 Å². The van der Waals surface area contributed by atoms with E-state index in [2.05, 4.69) is 17.6 Å². The van der Waals surface area contributed by atoms with E-state index in [0.29, 0.717) is 52.5 Å². The van der Waals surface area contributed by atoms with Gasteiger partial charge >= 0.3 is 0 Å². The molecule has 274 valence electrons. The van der Waals surface area contributed by atoms with Gasteiger partial charge < -0.3 is 35.3 Å². The number of likely N-dealkylation sites (tertiary alicyclic amines) is 1. The number of ether oxygens (including phenoxy) is 4. The zero-order valence-corrected chi connectivity index (χ0v) is 30.5. The minimum Gasteiger partial charge on any atom is -0.379 e. The van der Waals surface area contributed by atoms with Gasteiger partial charge in [0.25, 0.3) is 0 Å². The number of nitrogens with two attached hydrogens (primary N) is 1. The number of carbonyl (C=O) groups excluding carboxylic acids is 5. The monoisotopic (exact) mass is 672 g/mol. The van der Waals surface area contributed by atoms with Crippen molar-refractivity contribution < 1.29 is 42.9 Å². The minimum absolute atomic E-state index is 0.0764. The lowest BCUT2D eigenvalue weighted by molar-refractivity contribution is -0.155. The third-order valence-electron chi connectivity index (χ3n) is 7.97. The standard InChI is InChI=1S/C31H55N3O9.C3H9N/c1-22(2)28(29(39)32-21-24(35)30(5,6)7)33-25(36)9-11-40-13-15-42-17-18-43-16-14-41-12-10-34-26(37)19-31(8,23(3)4)20-27(34)38;1-2-3-4/h22-23,28H,9-21H2,1-8H3,(H,32,39)(H,33,36);2-4H2,1H3. The van der Waals surface area contributed by atoms with Crippen molar-refractivity contribution in [3.8, 4) is 0 Å². The molecule has 1 saturated heterocycles. The van der Waals surface area contributed by atoms with Crippen LogP contribution in [0, 0.1) is 22.7 Å². The molecule has 1 heterocycles. The van der Waals surface area contributed by atoms with Crippen molar-refractivity contribution in [2.45, 2.75) is 94.0 Å². The molecule has 1 unspecified atom stereocenters. The van der Waals surface area contributed by atoms with E-state index < -0.39 is 11.5 Å². The molecule has 1 aliphatic rings. The number of piperidine rings is 1. The number of nitrogens with one attached hydrogen (secondary N) is 2. The molecule has 47 heavy (non-hydrogen) atoms. The molecule has 1 rings (SSSR count). The van der Waals surface area contributed by atoms with Gasteiger partial charge in [0.1, 0.15) is 6.04 Å². The molecule has 0 spiro atoms. The van der Waals surface area contributed by atoms with Crippen LogP contribution in [-0.4, -0.2) is 113 Å². The number of Topliss-reactive ketones (excluding diaryl/α,β-unsaturated/α-hetero) is 1. The Labute approximate surface area is 282 Å². The molecule has 1 fully saturated rings. The number of carbonyl (C=O) groups is 5. The molecular weight excluding hydrogens is 608 g/mol. The first-order valence-electron chi connectivity index (χ1n) is 16.9. The van der Waals surface area contributed by atoms with E-state index in [1.165, 1.54) is 4.90 Å². The largest absolute Gasteiger partial charge is 0.379 e. The number of hydrogen-bond acceptors (Lipinski definition) is 10. The number of imide groups is 1. The lowest BCUT2D eigenvalue weighted by Crippen LogP contribution is -2.51. The van der Waals surface area contributed by atoms with Crippen LogP contribution in [0.25, 0.3) is 0 Å². The van der Waals surface area contributed by atoms with E-state index in [9.17, 15) is 24.0 Å². The molecular formula is C34H64N4O9. The van der Waals surface area contributed by atoms with Gasteiger partial charge in [-0.1, -0.05) is 62.3 Å². The van der Waals surface area contributed by atoms with Crippen molar-refractivity contribution in [2.24, 2.45) is 28.4 Å². The van der Waals surface area contributed by atoms with E-state index in [-0.39, 0.29) is 79.4 Å². The van der Waals surface area contributed by atoms with E-state index in [0.717, 1.165) is 13.0 Å². The Morgan fingerprint density at radius 2 is 1.30 bits per heavy atom. The second-order valence-electron chi connectivity index (χ2n) is 13.8. The summed E-state index contributed by atoms with van der Waals surface area (Å²) in [5, 5.41) is 5.34. The zero-order chi connectivity index (χ0) is 36.0. The summed E-state index contributed by atoms with van der Waals surface area (Å²) in [5.74, 6) is -0.937. The first-order valence-corrected chi connectivity index (χ1v) is 16.9. The Morgan fingerprint density at radius 1 is 0.851 bits per heavy atom. The Kier molecular flexibility index (Phi) is 22.6. The van der Waals surface area contributed by atoms with E-state index in [4.69, 9.17) is 24.7 Å². The molecule has 4 N–H and O–H groups in total. The van der Waals surface area contributed by atoms with Crippen LogP contribution in [0.4, 0.5) is 0 Å². The lowest BCUT2D eigenvalue weighted by Gasteiger charge is -2.40. The van der Waals surface area contributed by atoms with Gasteiger partial charge in [-0.2, -0.15) is 0 Å². The third kappa shape index (κ3) is 19.2. The smallest absolute Gasteiger partial charge is 0.243 e. The summed E-state index contributed by atoms with van der Waals surface area (Å²) < 4.78 is 21.9. The van der Waals surface area contributed by atoms with Gasteiger partial charge in [0.05, 0.1) is 65.9 Å². The molecule has 1 atom stereocenters. The predicted octanol–water partition coefficient (Wildman–Crippen LogP) is 2.48. The molecule has 0 radical (unpaired) electrons. The highest BCUT2D eigenvalue weighted by atomic mass is 16.6. The Morgan fingerprint density at radius 3 is 1.70 bits per heavy atom. The maximum absolute atomic E-state index is 12.5. The first kappa shape index (κ1) is 44.5. The number of amides is 4. The van der Waals surface area contributed by atoms with Crippen LogP contribution in [0.2, 0.25) is 0 Å². The molecule has 0 aromatic carbocycles. The molecule has 4 amide bonds. The number of rotatable bonds is 22. The van der Waals surface area contributed by atoms with Crippen molar-refractivity contribution >= 4 is 29.4 Å². The number of nitrogens with zero attached hydrogens (tertiary/aromatic N) is 1. The number of ketones is 1. The van der Waals surface area contributed by atoms with Gasteiger partial charge in [-0.25, -0.2) is 0 Å². The van der Waals surface area contributed by atoms with Crippen LogP contribution >= 0.6 is 0 Å². The van der Waals surface area contributed by atoms with Crippen LogP contribution in [0.3, 0.4) is 0 Å². The summed E-state index contributed by atoms with van der Waals surface area (Å²) in [7, 11) is 0. The van der Waals surface area contributed by atoms with Gasteiger partial charge in [-0.3, -0.25) is 28.9 Å². The van der Waals surface area contributed by atoms with Crippen LogP contribution < -0.4 is 16.4 Å². The first-order chi connectivity index (χ1) is 22.0. The number of hydrogen-bond donors (Lipinski definition) is 3. The summed E-state index contributed by atoms with van der Waals surface area (Å²) in [6.45, 7) is 20.7. The van der Waals surface area contributed by atoms with Crippen molar-refractivity contribution in [3.63, 3.8) is 0 Å². The van der Waals surface area contributed by atoms with Gasteiger partial charge in [0, 0.05) is 24.7 Å². The highest BCUT2D eigenvalue weighted by molar-refractivity contribution is 5.98. The van der Waals surface area contributed by atoms with Crippen LogP contribution in [0.15, 0.2) is 0 Å². The summed E-state index contributed by atoms with van der Waals surface area (Å²) in [4.78, 5) is 63.0. The molecule has 0 bridgehead atoms. The Bertz CT molecular complexity index is 930. The molecule has 0 aromatic heterocycles. The van der Waals surface area contributed by atoms with E-state index >= 15 is 0 Å². The predicted molar refractivity (Wildman–Crippen MR) is 180 cm³/mol. The van der Waals surface area contributed by atoms with E-state index in [1.807, 2.05) is 34.6 Å². The van der Waals surface area contributed by atoms with Crippen LogP contribution in [0.1, 0.15) is 88.0 Å². The molecule has 13 nitrogen and oxygen atoms in total. The maximum atomic E-state index is 12.5.